The van der Waals surface area contributed by atoms with Crippen LogP contribution < -0.4 is 5.73 Å². The summed E-state index contributed by atoms with van der Waals surface area (Å²) < 4.78 is 37.1. The van der Waals surface area contributed by atoms with Gasteiger partial charge in [-0.05, 0) is 25.0 Å². The highest BCUT2D eigenvalue weighted by atomic mass is 19.3. The van der Waals surface area contributed by atoms with Crippen molar-refractivity contribution < 1.29 is 13.2 Å². The third-order valence-corrected chi connectivity index (χ3v) is 1.87. The van der Waals surface area contributed by atoms with Crippen molar-refractivity contribution in [2.75, 3.05) is 0 Å². The van der Waals surface area contributed by atoms with E-state index < -0.39 is 17.9 Å². The van der Waals surface area contributed by atoms with Crippen LogP contribution in [0.1, 0.15) is 12.5 Å². The lowest BCUT2D eigenvalue weighted by Crippen LogP contribution is -2.45. The van der Waals surface area contributed by atoms with Gasteiger partial charge in [-0.25, -0.2) is 13.8 Å². The first-order valence-electron chi connectivity index (χ1n) is 4.09. The normalized spacial score (nSPS) is 15.6. The minimum absolute atomic E-state index is 0.0298. The van der Waals surface area contributed by atoms with Gasteiger partial charge in [-0.2, -0.15) is 4.39 Å². The van der Waals surface area contributed by atoms with Gasteiger partial charge in [-0.15, -0.1) is 0 Å². The highest BCUT2D eigenvalue weighted by molar-refractivity contribution is 5.13. The van der Waals surface area contributed by atoms with E-state index in [1.807, 2.05) is 0 Å². The second-order valence-corrected chi connectivity index (χ2v) is 3.47. The molecule has 0 bridgehead atoms. The molecular formula is C9H11F3N2. The van der Waals surface area contributed by atoms with E-state index in [4.69, 9.17) is 5.73 Å². The van der Waals surface area contributed by atoms with Crippen LogP contribution >= 0.6 is 0 Å². The number of nitrogens with zero attached hydrogens (tertiary/aromatic N) is 1. The lowest BCUT2D eigenvalue weighted by Gasteiger charge is -2.23. The Labute approximate surface area is 79.9 Å². The summed E-state index contributed by atoms with van der Waals surface area (Å²) in [6.45, 7) is 1.25. The zero-order chi connectivity index (χ0) is 10.8. The molecule has 1 aromatic rings. The Morgan fingerprint density at radius 2 is 2.14 bits per heavy atom. The van der Waals surface area contributed by atoms with Gasteiger partial charge in [0.1, 0.15) is 0 Å². The minimum atomic E-state index is -2.62. The zero-order valence-corrected chi connectivity index (χ0v) is 7.67. The molecule has 0 radical (unpaired) electrons. The van der Waals surface area contributed by atoms with Crippen LogP contribution in [-0.4, -0.2) is 16.9 Å². The average molecular weight is 204 g/mol. The van der Waals surface area contributed by atoms with Crippen molar-refractivity contribution in [3.8, 4) is 0 Å². The number of nitrogens with two attached hydrogens (primary N) is 1. The van der Waals surface area contributed by atoms with Crippen molar-refractivity contribution in [1.29, 1.82) is 0 Å². The van der Waals surface area contributed by atoms with Gasteiger partial charge in [0.15, 0.2) is 0 Å². The van der Waals surface area contributed by atoms with E-state index in [0.29, 0.717) is 5.56 Å². The van der Waals surface area contributed by atoms with Gasteiger partial charge in [0.2, 0.25) is 5.95 Å². The van der Waals surface area contributed by atoms with Gasteiger partial charge < -0.3 is 5.73 Å². The largest absolute Gasteiger partial charge is 0.320 e. The summed E-state index contributed by atoms with van der Waals surface area (Å²) in [4.78, 5) is 3.36. The Kier molecular flexibility index (Phi) is 3.10. The second kappa shape index (κ2) is 3.96. The first-order chi connectivity index (χ1) is 6.42. The van der Waals surface area contributed by atoms with E-state index in [2.05, 4.69) is 4.98 Å². The zero-order valence-electron chi connectivity index (χ0n) is 7.67. The van der Waals surface area contributed by atoms with Gasteiger partial charge in [0, 0.05) is 6.20 Å². The smallest absolute Gasteiger partial charge is 0.256 e. The summed E-state index contributed by atoms with van der Waals surface area (Å²) >= 11 is 0. The summed E-state index contributed by atoms with van der Waals surface area (Å²) in [6, 6.07) is 2.52. The molecule has 14 heavy (non-hydrogen) atoms. The predicted molar refractivity (Wildman–Crippen MR) is 46.5 cm³/mol. The summed E-state index contributed by atoms with van der Waals surface area (Å²) in [5.41, 5.74) is 4.26. The molecule has 0 fully saturated rings. The Hall–Kier alpha value is -1.10. The highest BCUT2D eigenvalue weighted by Crippen LogP contribution is 2.17. The third-order valence-electron chi connectivity index (χ3n) is 1.87. The maximum absolute atomic E-state index is 12.4. The topological polar surface area (TPSA) is 38.9 Å². The summed E-state index contributed by atoms with van der Waals surface area (Å²) in [6.07, 6.45) is -1.44. The molecule has 2 N–H and O–H groups in total. The fraction of sp³-hybridized carbons (Fsp3) is 0.444. The predicted octanol–water partition coefficient (Wildman–Crippen LogP) is 1.75. The Bertz CT molecular complexity index is 295. The third kappa shape index (κ3) is 2.70. The van der Waals surface area contributed by atoms with Crippen molar-refractivity contribution in [2.24, 2.45) is 5.73 Å². The van der Waals surface area contributed by atoms with Crippen LogP contribution in [0.4, 0.5) is 13.2 Å². The second-order valence-electron chi connectivity index (χ2n) is 3.47. The molecule has 0 spiro atoms. The van der Waals surface area contributed by atoms with E-state index in [9.17, 15) is 13.2 Å². The average Bonchev–Trinajstić information content (AvgIpc) is 2.08. The van der Waals surface area contributed by atoms with E-state index in [1.54, 1.807) is 0 Å². The lowest BCUT2D eigenvalue weighted by molar-refractivity contribution is 0.0639. The van der Waals surface area contributed by atoms with Crippen LogP contribution in [0, 0.1) is 5.95 Å². The number of aromatic nitrogens is 1. The summed E-state index contributed by atoms with van der Waals surface area (Å²) in [5, 5.41) is 0. The van der Waals surface area contributed by atoms with Crippen LogP contribution in [0.15, 0.2) is 18.3 Å². The van der Waals surface area contributed by atoms with Crippen LogP contribution in [0.2, 0.25) is 0 Å². The molecule has 1 unspecified atom stereocenters. The molecule has 2 nitrogen and oxygen atoms in total. The highest BCUT2D eigenvalue weighted by Gasteiger charge is 2.30. The van der Waals surface area contributed by atoms with Crippen LogP contribution in [0.5, 0.6) is 0 Å². The fourth-order valence-electron chi connectivity index (χ4n) is 1.03. The number of rotatable bonds is 3. The number of hydrogen-bond donors (Lipinski definition) is 1. The lowest BCUT2D eigenvalue weighted by atomic mass is 9.95. The van der Waals surface area contributed by atoms with Gasteiger partial charge in [-0.1, -0.05) is 6.07 Å². The van der Waals surface area contributed by atoms with Crippen LogP contribution in [0.3, 0.4) is 0 Å². The first-order valence-corrected chi connectivity index (χ1v) is 4.09. The van der Waals surface area contributed by atoms with Crippen molar-refractivity contribution in [1.82, 2.24) is 4.98 Å². The maximum atomic E-state index is 12.4. The molecule has 1 atom stereocenters. The van der Waals surface area contributed by atoms with E-state index >= 15 is 0 Å². The van der Waals surface area contributed by atoms with Gasteiger partial charge in [0.25, 0.3) is 6.43 Å². The van der Waals surface area contributed by atoms with Crippen molar-refractivity contribution in [3.05, 3.63) is 29.8 Å². The molecule has 78 valence electrons. The molecule has 1 aromatic heterocycles. The molecule has 0 aliphatic heterocycles. The molecule has 0 aliphatic rings. The number of hydrogen-bond acceptors (Lipinski definition) is 2. The molecule has 0 aromatic carbocycles. The molecule has 1 rings (SSSR count). The number of pyridine rings is 1. The van der Waals surface area contributed by atoms with E-state index in [1.165, 1.54) is 19.2 Å². The monoisotopic (exact) mass is 204 g/mol. The summed E-state index contributed by atoms with van der Waals surface area (Å²) in [5.74, 6) is -0.635. The molecule has 0 saturated heterocycles. The van der Waals surface area contributed by atoms with E-state index in [-0.39, 0.29) is 6.42 Å². The Balaban J connectivity index is 2.74. The molecule has 0 amide bonds. The maximum Gasteiger partial charge on any atom is 0.256 e. The molecule has 5 heteroatoms. The fourth-order valence-corrected chi connectivity index (χ4v) is 1.03. The molecule has 0 aliphatic carbocycles. The van der Waals surface area contributed by atoms with Crippen molar-refractivity contribution in [2.45, 2.75) is 25.3 Å². The molecule has 0 saturated carbocycles. The Morgan fingerprint density at radius 1 is 1.50 bits per heavy atom. The standard InChI is InChI=1S/C9H11F3N2/c1-9(13,8(11)12)4-6-2-3-7(10)14-5-6/h2-3,5,8H,4,13H2,1H3. The van der Waals surface area contributed by atoms with E-state index in [0.717, 1.165) is 6.07 Å². The van der Waals surface area contributed by atoms with Gasteiger partial charge in [-0.3, -0.25) is 0 Å². The molecule has 1 heterocycles. The molecular weight excluding hydrogens is 193 g/mol. The van der Waals surface area contributed by atoms with Crippen LogP contribution in [0.25, 0.3) is 0 Å². The van der Waals surface area contributed by atoms with Crippen molar-refractivity contribution >= 4 is 0 Å². The Morgan fingerprint density at radius 3 is 2.57 bits per heavy atom. The SMILES string of the molecule is CC(N)(Cc1ccc(F)nc1)C(F)F. The minimum Gasteiger partial charge on any atom is -0.320 e. The summed E-state index contributed by atoms with van der Waals surface area (Å²) in [7, 11) is 0. The first kappa shape index (κ1) is 11.0. The van der Waals surface area contributed by atoms with Gasteiger partial charge in [0.05, 0.1) is 5.54 Å². The number of alkyl halides is 2. The quantitative estimate of drug-likeness (QED) is 0.762. The number of halogens is 3. The van der Waals surface area contributed by atoms with Crippen LogP contribution in [-0.2, 0) is 6.42 Å². The van der Waals surface area contributed by atoms with Gasteiger partial charge >= 0.3 is 0 Å². The van der Waals surface area contributed by atoms with Crippen molar-refractivity contribution in [3.63, 3.8) is 0 Å².